The van der Waals surface area contributed by atoms with Gasteiger partial charge in [0, 0.05) is 24.3 Å². The van der Waals surface area contributed by atoms with E-state index in [1.807, 2.05) is 0 Å². The molecule has 19 heavy (non-hydrogen) atoms. The Morgan fingerprint density at radius 1 is 1.21 bits per heavy atom. The first-order valence-electron chi connectivity index (χ1n) is 7.54. The van der Waals surface area contributed by atoms with Crippen LogP contribution in [-0.4, -0.2) is 33.1 Å². The fourth-order valence-corrected chi connectivity index (χ4v) is 3.17. The monoisotopic (exact) mass is 263 g/mol. The highest BCUT2D eigenvalue weighted by Gasteiger charge is 2.28. The van der Waals surface area contributed by atoms with E-state index >= 15 is 0 Å². The van der Waals surface area contributed by atoms with Gasteiger partial charge in [0.2, 0.25) is 0 Å². The lowest BCUT2D eigenvalue weighted by atomic mass is 9.93. The fraction of sp³-hybridized carbons (Fsp3) is 0.812. The number of hydrogen-bond acceptors (Lipinski definition) is 2. The van der Waals surface area contributed by atoms with E-state index in [4.69, 9.17) is 0 Å². The Morgan fingerprint density at radius 2 is 1.89 bits per heavy atom. The maximum atomic E-state index is 4.59. The third-order valence-corrected chi connectivity index (χ3v) is 4.56. The number of piperidine rings is 1. The van der Waals surface area contributed by atoms with E-state index in [0.29, 0.717) is 5.54 Å². The zero-order chi connectivity index (χ0) is 14.2. The van der Waals surface area contributed by atoms with Gasteiger partial charge >= 0.3 is 0 Å². The van der Waals surface area contributed by atoms with E-state index in [-0.39, 0.29) is 0 Å². The van der Waals surface area contributed by atoms with Crippen LogP contribution in [0.4, 0.5) is 0 Å². The molecule has 1 saturated heterocycles. The summed E-state index contributed by atoms with van der Waals surface area (Å²) < 4.78 is 2.41. The normalized spacial score (nSPS) is 21.9. The van der Waals surface area contributed by atoms with Crippen molar-refractivity contribution in [3.8, 4) is 0 Å². The summed E-state index contributed by atoms with van der Waals surface area (Å²) in [5, 5.41) is 0. The van der Waals surface area contributed by atoms with Crippen LogP contribution in [0.25, 0.3) is 0 Å². The molecule has 0 saturated carbocycles. The van der Waals surface area contributed by atoms with Gasteiger partial charge in [-0.25, -0.2) is 4.98 Å². The van der Waals surface area contributed by atoms with Crippen LogP contribution >= 0.6 is 0 Å². The van der Waals surface area contributed by atoms with Crippen LogP contribution in [-0.2, 0) is 6.54 Å². The van der Waals surface area contributed by atoms with E-state index in [1.165, 1.54) is 43.1 Å². The number of imidazole rings is 1. The third-order valence-electron chi connectivity index (χ3n) is 4.56. The van der Waals surface area contributed by atoms with Gasteiger partial charge in [-0.3, -0.25) is 4.90 Å². The Kier molecular flexibility index (Phi) is 4.05. The average molecular weight is 263 g/mol. The van der Waals surface area contributed by atoms with Gasteiger partial charge in [0.25, 0.3) is 0 Å². The molecule has 0 aliphatic carbocycles. The Bertz CT molecular complexity index is 440. The maximum Gasteiger partial charge on any atom is 0.106 e. The van der Waals surface area contributed by atoms with Gasteiger partial charge in [-0.05, 0) is 66.8 Å². The first kappa shape index (κ1) is 14.6. The minimum atomic E-state index is 0.299. The van der Waals surface area contributed by atoms with Crippen LogP contribution in [0.3, 0.4) is 0 Å². The van der Waals surface area contributed by atoms with Crippen molar-refractivity contribution >= 4 is 0 Å². The van der Waals surface area contributed by atoms with Crippen molar-refractivity contribution in [1.82, 2.24) is 14.5 Å². The number of aromatic nitrogens is 2. The van der Waals surface area contributed by atoms with Crippen molar-refractivity contribution in [1.29, 1.82) is 0 Å². The second kappa shape index (κ2) is 5.28. The van der Waals surface area contributed by atoms with Crippen molar-refractivity contribution in [3.63, 3.8) is 0 Å². The largest absolute Gasteiger partial charge is 0.332 e. The van der Waals surface area contributed by atoms with E-state index in [9.17, 15) is 0 Å². The SMILES string of the molecule is Cc1nc(C)n(C[C@@H]2CCCN(C(C)(C)C)C2)c1C. The lowest BCUT2D eigenvalue weighted by Gasteiger charge is -2.41. The Hall–Kier alpha value is -0.830. The molecule has 1 aliphatic rings. The Labute approximate surface area is 118 Å². The van der Waals surface area contributed by atoms with Crippen molar-refractivity contribution in [3.05, 3.63) is 17.2 Å². The van der Waals surface area contributed by atoms with Crippen molar-refractivity contribution in [2.75, 3.05) is 13.1 Å². The second-order valence-electron chi connectivity index (χ2n) is 7.07. The van der Waals surface area contributed by atoms with Gasteiger partial charge in [-0.2, -0.15) is 0 Å². The van der Waals surface area contributed by atoms with Gasteiger partial charge in [-0.15, -0.1) is 0 Å². The quantitative estimate of drug-likeness (QED) is 0.816. The zero-order valence-corrected chi connectivity index (χ0v) is 13.5. The maximum absolute atomic E-state index is 4.59. The number of likely N-dealkylation sites (tertiary alicyclic amines) is 1. The molecule has 0 N–H and O–H groups in total. The lowest BCUT2D eigenvalue weighted by molar-refractivity contribution is 0.0730. The molecule has 0 radical (unpaired) electrons. The van der Waals surface area contributed by atoms with E-state index in [2.05, 4.69) is 56.0 Å². The topological polar surface area (TPSA) is 21.1 Å². The Morgan fingerprint density at radius 3 is 2.42 bits per heavy atom. The number of rotatable bonds is 2. The van der Waals surface area contributed by atoms with Gasteiger partial charge in [0.15, 0.2) is 0 Å². The predicted molar refractivity (Wildman–Crippen MR) is 80.5 cm³/mol. The summed E-state index contributed by atoms with van der Waals surface area (Å²) in [7, 11) is 0. The molecule has 0 amide bonds. The average Bonchev–Trinajstić information content (AvgIpc) is 2.55. The number of hydrogen-bond donors (Lipinski definition) is 0. The van der Waals surface area contributed by atoms with Crippen LogP contribution in [0.1, 0.15) is 50.8 Å². The molecular weight excluding hydrogens is 234 g/mol. The predicted octanol–water partition coefficient (Wildman–Crippen LogP) is 3.32. The molecule has 1 aliphatic heterocycles. The standard InChI is InChI=1S/C16H29N3/c1-12-13(2)19(14(3)17-12)11-15-8-7-9-18(10-15)16(4,5)6/h15H,7-11H2,1-6H3/t15-/m1/s1. The summed E-state index contributed by atoms with van der Waals surface area (Å²) in [5.41, 5.74) is 2.82. The second-order valence-corrected chi connectivity index (χ2v) is 7.07. The summed E-state index contributed by atoms with van der Waals surface area (Å²) in [6, 6.07) is 0. The molecule has 2 rings (SSSR count). The molecule has 1 atom stereocenters. The minimum Gasteiger partial charge on any atom is -0.332 e. The summed E-state index contributed by atoms with van der Waals surface area (Å²) in [4.78, 5) is 7.23. The molecule has 0 spiro atoms. The van der Waals surface area contributed by atoms with Crippen molar-refractivity contribution < 1.29 is 0 Å². The van der Waals surface area contributed by atoms with Gasteiger partial charge in [0.05, 0.1) is 5.69 Å². The van der Waals surface area contributed by atoms with E-state index in [1.54, 1.807) is 0 Å². The van der Waals surface area contributed by atoms with Crippen molar-refractivity contribution in [2.45, 2.75) is 66.5 Å². The van der Waals surface area contributed by atoms with Crippen LogP contribution in [0.2, 0.25) is 0 Å². The molecule has 1 fully saturated rings. The number of nitrogens with zero attached hydrogens (tertiary/aromatic N) is 3. The molecular formula is C16H29N3. The first-order valence-corrected chi connectivity index (χ1v) is 7.54. The number of aryl methyl sites for hydroxylation is 2. The fourth-order valence-electron chi connectivity index (χ4n) is 3.17. The third kappa shape index (κ3) is 3.19. The van der Waals surface area contributed by atoms with Crippen molar-refractivity contribution in [2.24, 2.45) is 5.92 Å². The van der Waals surface area contributed by atoms with E-state index < -0.39 is 0 Å². The summed E-state index contributed by atoms with van der Waals surface area (Å²) in [5.74, 6) is 1.93. The Balaban J connectivity index is 2.07. The summed E-state index contributed by atoms with van der Waals surface area (Å²) in [6.07, 6.45) is 2.68. The molecule has 2 heterocycles. The van der Waals surface area contributed by atoms with Gasteiger partial charge < -0.3 is 4.57 Å². The molecule has 0 aromatic carbocycles. The van der Waals surface area contributed by atoms with Gasteiger partial charge in [-0.1, -0.05) is 0 Å². The summed E-state index contributed by atoms with van der Waals surface area (Å²) >= 11 is 0. The molecule has 1 aromatic heterocycles. The lowest BCUT2D eigenvalue weighted by Crippen LogP contribution is -2.48. The van der Waals surface area contributed by atoms with Crippen LogP contribution in [0.5, 0.6) is 0 Å². The molecule has 3 nitrogen and oxygen atoms in total. The highest BCUT2D eigenvalue weighted by Crippen LogP contribution is 2.25. The van der Waals surface area contributed by atoms with Crippen LogP contribution in [0, 0.1) is 26.7 Å². The summed E-state index contributed by atoms with van der Waals surface area (Å²) in [6.45, 7) is 17.0. The molecule has 1 aromatic rings. The molecule has 0 bridgehead atoms. The van der Waals surface area contributed by atoms with Crippen LogP contribution < -0.4 is 0 Å². The highest BCUT2D eigenvalue weighted by atomic mass is 15.2. The van der Waals surface area contributed by atoms with E-state index in [0.717, 1.165) is 12.5 Å². The molecule has 108 valence electrons. The zero-order valence-electron chi connectivity index (χ0n) is 13.5. The van der Waals surface area contributed by atoms with Crippen LogP contribution in [0.15, 0.2) is 0 Å². The molecule has 3 heteroatoms. The minimum absolute atomic E-state index is 0.299. The molecule has 0 unspecified atom stereocenters. The van der Waals surface area contributed by atoms with Gasteiger partial charge in [0.1, 0.15) is 5.82 Å². The smallest absolute Gasteiger partial charge is 0.106 e. The first-order chi connectivity index (χ1) is 8.79. The highest BCUT2D eigenvalue weighted by molar-refractivity contribution is 5.13.